The largest absolute Gasteiger partial charge is 0.360 e. The molecule has 1 aromatic rings. The summed E-state index contributed by atoms with van der Waals surface area (Å²) < 4.78 is 0.862. The second-order valence-corrected chi connectivity index (χ2v) is 3.72. The van der Waals surface area contributed by atoms with Crippen molar-refractivity contribution in [3.8, 4) is 0 Å². The molecule has 0 aliphatic carbocycles. The number of aryl methyl sites for hydroxylation is 1. The standard InChI is InChI=1S/C9H12BrN3O/c1-6-3-7(10)9(12-4-6)13-5-8(14)11-2/h3-4H,5H2,1-2H3,(H,11,14)(H,12,13). The van der Waals surface area contributed by atoms with Crippen LogP contribution in [0.5, 0.6) is 0 Å². The van der Waals surface area contributed by atoms with Crippen LogP contribution in [0.3, 0.4) is 0 Å². The summed E-state index contributed by atoms with van der Waals surface area (Å²) in [4.78, 5) is 15.1. The SMILES string of the molecule is CNC(=O)CNc1ncc(C)cc1Br. The highest BCUT2D eigenvalue weighted by molar-refractivity contribution is 9.10. The summed E-state index contributed by atoms with van der Waals surface area (Å²) in [5.41, 5.74) is 1.07. The lowest BCUT2D eigenvalue weighted by molar-refractivity contribution is -0.118. The number of hydrogen-bond donors (Lipinski definition) is 2. The average Bonchev–Trinajstić information content (AvgIpc) is 2.16. The van der Waals surface area contributed by atoms with Crippen molar-refractivity contribution >= 4 is 27.7 Å². The quantitative estimate of drug-likeness (QED) is 0.859. The molecule has 4 nitrogen and oxygen atoms in total. The third-order valence-corrected chi connectivity index (χ3v) is 2.28. The minimum Gasteiger partial charge on any atom is -0.360 e. The van der Waals surface area contributed by atoms with Crippen molar-refractivity contribution in [2.75, 3.05) is 18.9 Å². The first-order chi connectivity index (χ1) is 6.63. The molecule has 0 spiro atoms. The first-order valence-electron chi connectivity index (χ1n) is 4.20. The Hall–Kier alpha value is -1.10. The van der Waals surface area contributed by atoms with Gasteiger partial charge in [0.1, 0.15) is 5.82 Å². The van der Waals surface area contributed by atoms with E-state index in [2.05, 4.69) is 31.5 Å². The Balaban J connectivity index is 2.63. The van der Waals surface area contributed by atoms with Crippen LogP contribution in [0.4, 0.5) is 5.82 Å². The van der Waals surface area contributed by atoms with Gasteiger partial charge < -0.3 is 10.6 Å². The smallest absolute Gasteiger partial charge is 0.239 e. The van der Waals surface area contributed by atoms with E-state index in [4.69, 9.17) is 0 Å². The van der Waals surface area contributed by atoms with E-state index in [-0.39, 0.29) is 12.5 Å². The van der Waals surface area contributed by atoms with Gasteiger partial charge in [0.15, 0.2) is 0 Å². The summed E-state index contributed by atoms with van der Waals surface area (Å²) in [5.74, 6) is 0.610. The molecule has 1 aromatic heterocycles. The molecule has 1 amide bonds. The normalized spacial score (nSPS) is 9.64. The zero-order chi connectivity index (χ0) is 10.6. The minimum atomic E-state index is -0.0701. The van der Waals surface area contributed by atoms with Gasteiger partial charge >= 0.3 is 0 Å². The van der Waals surface area contributed by atoms with Crippen LogP contribution in [0.2, 0.25) is 0 Å². The van der Waals surface area contributed by atoms with Crippen molar-refractivity contribution in [3.63, 3.8) is 0 Å². The molecule has 0 fully saturated rings. The van der Waals surface area contributed by atoms with E-state index in [0.717, 1.165) is 10.0 Å². The van der Waals surface area contributed by atoms with Gasteiger partial charge in [-0.2, -0.15) is 0 Å². The van der Waals surface area contributed by atoms with Crippen molar-refractivity contribution in [3.05, 3.63) is 22.3 Å². The van der Waals surface area contributed by atoms with Gasteiger partial charge in [-0.05, 0) is 34.5 Å². The maximum absolute atomic E-state index is 10.9. The first kappa shape index (κ1) is 11.0. The van der Waals surface area contributed by atoms with Gasteiger partial charge in [-0.15, -0.1) is 0 Å². The van der Waals surface area contributed by atoms with Crippen molar-refractivity contribution in [2.24, 2.45) is 0 Å². The monoisotopic (exact) mass is 257 g/mol. The molecule has 0 saturated heterocycles. The third-order valence-electron chi connectivity index (χ3n) is 1.67. The molecule has 14 heavy (non-hydrogen) atoms. The van der Waals surface area contributed by atoms with Crippen LogP contribution < -0.4 is 10.6 Å². The van der Waals surface area contributed by atoms with Gasteiger partial charge in [-0.3, -0.25) is 4.79 Å². The predicted octanol–water partition coefficient (Wildman–Crippen LogP) is 1.31. The Kier molecular flexibility index (Phi) is 3.88. The number of carbonyl (C=O) groups excluding carboxylic acids is 1. The number of aromatic nitrogens is 1. The van der Waals surface area contributed by atoms with Crippen molar-refractivity contribution < 1.29 is 4.79 Å². The molecular formula is C9H12BrN3O. The number of halogens is 1. The van der Waals surface area contributed by atoms with Gasteiger partial charge in [0.25, 0.3) is 0 Å². The van der Waals surface area contributed by atoms with Crippen LogP contribution in [0.1, 0.15) is 5.56 Å². The van der Waals surface area contributed by atoms with E-state index in [9.17, 15) is 4.79 Å². The van der Waals surface area contributed by atoms with Crippen LogP contribution in [-0.4, -0.2) is 24.5 Å². The van der Waals surface area contributed by atoms with Gasteiger partial charge in [-0.25, -0.2) is 4.98 Å². The van der Waals surface area contributed by atoms with Gasteiger partial charge in [-0.1, -0.05) is 0 Å². The van der Waals surface area contributed by atoms with Crippen LogP contribution in [0.25, 0.3) is 0 Å². The van der Waals surface area contributed by atoms with Crippen LogP contribution in [-0.2, 0) is 4.79 Å². The summed E-state index contributed by atoms with van der Waals surface area (Å²) in [5, 5.41) is 5.44. The van der Waals surface area contributed by atoms with E-state index in [1.54, 1.807) is 13.2 Å². The van der Waals surface area contributed by atoms with E-state index in [1.807, 2.05) is 13.0 Å². The molecule has 0 bridgehead atoms. The number of anilines is 1. The maximum atomic E-state index is 10.9. The van der Waals surface area contributed by atoms with Crippen molar-refractivity contribution in [2.45, 2.75) is 6.92 Å². The Morgan fingerprint density at radius 1 is 1.64 bits per heavy atom. The number of pyridine rings is 1. The Labute approximate surface area is 91.2 Å². The maximum Gasteiger partial charge on any atom is 0.239 e. The molecule has 0 unspecified atom stereocenters. The highest BCUT2D eigenvalue weighted by atomic mass is 79.9. The lowest BCUT2D eigenvalue weighted by Gasteiger charge is -2.06. The molecule has 0 aromatic carbocycles. The third kappa shape index (κ3) is 2.99. The van der Waals surface area contributed by atoms with E-state index >= 15 is 0 Å². The van der Waals surface area contributed by atoms with Crippen LogP contribution in [0.15, 0.2) is 16.7 Å². The Bertz CT molecular complexity index is 341. The van der Waals surface area contributed by atoms with Crippen molar-refractivity contribution in [1.82, 2.24) is 10.3 Å². The second-order valence-electron chi connectivity index (χ2n) is 2.87. The van der Waals surface area contributed by atoms with Gasteiger partial charge in [0, 0.05) is 13.2 Å². The lowest BCUT2D eigenvalue weighted by Crippen LogP contribution is -2.26. The molecule has 76 valence electrons. The highest BCUT2D eigenvalue weighted by Gasteiger charge is 2.02. The van der Waals surface area contributed by atoms with Gasteiger partial charge in [0.05, 0.1) is 11.0 Å². The topological polar surface area (TPSA) is 54.0 Å². The molecule has 0 saturated carbocycles. The summed E-state index contributed by atoms with van der Waals surface area (Å²) >= 11 is 3.36. The fourth-order valence-electron chi connectivity index (χ4n) is 0.916. The molecule has 0 aliphatic rings. The lowest BCUT2D eigenvalue weighted by atomic mass is 10.3. The predicted molar refractivity (Wildman–Crippen MR) is 59.2 cm³/mol. The van der Waals surface area contributed by atoms with Gasteiger partial charge in [0.2, 0.25) is 5.91 Å². The molecule has 2 N–H and O–H groups in total. The number of nitrogens with zero attached hydrogens (tertiary/aromatic N) is 1. The molecule has 1 heterocycles. The summed E-state index contributed by atoms with van der Waals surface area (Å²) in [7, 11) is 1.60. The zero-order valence-corrected chi connectivity index (χ0v) is 9.68. The summed E-state index contributed by atoms with van der Waals surface area (Å²) in [6, 6.07) is 1.94. The fraction of sp³-hybridized carbons (Fsp3) is 0.333. The molecule has 1 rings (SSSR count). The number of amides is 1. The number of hydrogen-bond acceptors (Lipinski definition) is 3. The van der Waals surface area contributed by atoms with Crippen LogP contribution >= 0.6 is 15.9 Å². The average molecular weight is 258 g/mol. The van der Waals surface area contributed by atoms with E-state index in [0.29, 0.717) is 5.82 Å². The number of nitrogens with one attached hydrogen (secondary N) is 2. The molecule has 0 aliphatic heterocycles. The van der Waals surface area contributed by atoms with E-state index in [1.165, 1.54) is 0 Å². The minimum absolute atomic E-state index is 0.0701. The van der Waals surface area contributed by atoms with E-state index < -0.39 is 0 Å². The summed E-state index contributed by atoms with van der Waals surface area (Å²) in [6.07, 6.45) is 1.75. The number of carbonyl (C=O) groups is 1. The fourth-order valence-corrected chi connectivity index (χ4v) is 1.52. The molecule has 0 atom stereocenters. The highest BCUT2D eigenvalue weighted by Crippen LogP contribution is 2.19. The molecule has 0 radical (unpaired) electrons. The Morgan fingerprint density at radius 3 is 2.93 bits per heavy atom. The number of likely N-dealkylation sites (N-methyl/N-ethyl adjacent to an activating group) is 1. The zero-order valence-electron chi connectivity index (χ0n) is 8.10. The Morgan fingerprint density at radius 2 is 2.36 bits per heavy atom. The van der Waals surface area contributed by atoms with Crippen molar-refractivity contribution in [1.29, 1.82) is 0 Å². The summed E-state index contributed by atoms with van der Waals surface area (Å²) in [6.45, 7) is 2.19. The molecular weight excluding hydrogens is 246 g/mol. The molecule has 5 heteroatoms. The first-order valence-corrected chi connectivity index (χ1v) is 4.99. The van der Waals surface area contributed by atoms with Crippen LogP contribution in [0, 0.1) is 6.92 Å². The second kappa shape index (κ2) is 4.95. The number of rotatable bonds is 3.